The number of halogens is 3. The van der Waals surface area contributed by atoms with Gasteiger partial charge in [0.05, 0.1) is 6.61 Å². The highest BCUT2D eigenvalue weighted by Gasteiger charge is 2.30. The molecule has 6 nitrogen and oxygen atoms in total. The Morgan fingerprint density at radius 3 is 2.48 bits per heavy atom. The molecule has 0 saturated heterocycles. The van der Waals surface area contributed by atoms with Crippen LogP contribution in [-0.4, -0.2) is 32.7 Å². The highest BCUT2D eigenvalue weighted by atomic mass is 19.4. The molecule has 0 bridgehead atoms. The number of carbonyl (C=O) groups excluding carboxylic acids is 1. The van der Waals surface area contributed by atoms with Gasteiger partial charge in [-0.15, -0.1) is 13.2 Å². The van der Waals surface area contributed by atoms with Crippen molar-refractivity contribution in [2.45, 2.75) is 6.36 Å². The molecular weight excluding hydrogens is 317 g/mol. The molecule has 0 unspecified atom stereocenters. The molecule has 0 spiro atoms. The number of hydrogen-bond donors (Lipinski definition) is 1. The number of carbonyl (C=O) groups is 1. The van der Waals surface area contributed by atoms with Crippen molar-refractivity contribution < 1.29 is 32.2 Å². The summed E-state index contributed by atoms with van der Waals surface area (Å²) in [5.74, 6) is -1.22. The number of nitriles is 1. The zero-order valence-corrected chi connectivity index (χ0v) is 12.0. The predicted octanol–water partition coefficient (Wildman–Crippen LogP) is 2.59. The molecule has 1 N–H and O–H groups in total. The molecule has 1 aromatic carbocycles. The summed E-state index contributed by atoms with van der Waals surface area (Å²) in [5, 5.41) is 11.5. The molecule has 0 amide bonds. The number of alkyl halides is 3. The molecule has 0 saturated carbocycles. The number of benzene rings is 1. The normalized spacial score (nSPS) is 11.5. The molecule has 0 radical (unpaired) electrons. The van der Waals surface area contributed by atoms with E-state index in [0.717, 1.165) is 18.3 Å². The van der Waals surface area contributed by atoms with E-state index in [4.69, 9.17) is 14.7 Å². The van der Waals surface area contributed by atoms with Gasteiger partial charge in [-0.25, -0.2) is 4.79 Å². The highest BCUT2D eigenvalue weighted by Crippen LogP contribution is 2.23. The molecule has 0 heterocycles. The second-order valence-electron chi connectivity index (χ2n) is 4.02. The van der Waals surface area contributed by atoms with Crippen molar-refractivity contribution in [2.24, 2.45) is 0 Å². The van der Waals surface area contributed by atoms with E-state index in [1.54, 1.807) is 6.07 Å². The minimum atomic E-state index is -4.77. The number of ether oxygens (including phenoxy) is 3. The summed E-state index contributed by atoms with van der Waals surface area (Å²) in [6, 6.07) is 6.42. The topological polar surface area (TPSA) is 80.6 Å². The van der Waals surface area contributed by atoms with Crippen LogP contribution in [0, 0.1) is 11.3 Å². The van der Waals surface area contributed by atoms with Gasteiger partial charge < -0.3 is 19.5 Å². The Kier molecular flexibility index (Phi) is 6.89. The third-order valence-corrected chi connectivity index (χ3v) is 2.33. The van der Waals surface area contributed by atoms with Gasteiger partial charge >= 0.3 is 12.3 Å². The smallest absolute Gasteiger partial charge is 0.459 e. The number of methoxy groups -OCH3 is 1. The van der Waals surface area contributed by atoms with Gasteiger partial charge in [0, 0.05) is 19.0 Å². The summed E-state index contributed by atoms with van der Waals surface area (Å²) in [5.41, 5.74) is 0.0636. The van der Waals surface area contributed by atoms with Crippen LogP contribution in [0.3, 0.4) is 0 Å². The van der Waals surface area contributed by atoms with Gasteiger partial charge in [-0.3, -0.25) is 0 Å². The Hall–Kier alpha value is -2.73. The average Bonchev–Trinajstić information content (AvgIpc) is 2.48. The maximum Gasteiger partial charge on any atom is 0.573 e. The quantitative estimate of drug-likeness (QED) is 0.358. The minimum Gasteiger partial charge on any atom is -0.459 e. The van der Waals surface area contributed by atoms with Crippen molar-refractivity contribution in [1.82, 2.24) is 0 Å². The van der Waals surface area contributed by atoms with Crippen LogP contribution in [0.25, 0.3) is 0 Å². The fourth-order valence-electron chi connectivity index (χ4n) is 1.34. The summed E-state index contributed by atoms with van der Waals surface area (Å²) < 4.78 is 49.2. The maximum atomic E-state index is 12.0. The molecule has 1 aromatic rings. The number of nitrogens with one attached hydrogen (secondary N) is 1. The first-order valence-electron chi connectivity index (χ1n) is 6.24. The Labute approximate surface area is 130 Å². The third-order valence-electron chi connectivity index (χ3n) is 2.33. The Balaban J connectivity index is 2.63. The third kappa shape index (κ3) is 7.19. The van der Waals surface area contributed by atoms with E-state index in [1.165, 1.54) is 19.2 Å². The zero-order chi connectivity index (χ0) is 17.3. The van der Waals surface area contributed by atoms with Crippen molar-refractivity contribution in [3.8, 4) is 11.8 Å². The first kappa shape index (κ1) is 18.3. The van der Waals surface area contributed by atoms with Crippen molar-refractivity contribution >= 4 is 11.7 Å². The Bertz CT molecular complexity index is 592. The molecule has 0 aliphatic heterocycles. The van der Waals surface area contributed by atoms with Crippen molar-refractivity contribution in [3.05, 3.63) is 36.0 Å². The van der Waals surface area contributed by atoms with Gasteiger partial charge in [0.1, 0.15) is 18.4 Å². The lowest BCUT2D eigenvalue weighted by Gasteiger charge is -2.09. The van der Waals surface area contributed by atoms with Crippen molar-refractivity contribution in [2.75, 3.05) is 25.6 Å². The summed E-state index contributed by atoms with van der Waals surface area (Å²) in [7, 11) is 1.43. The first-order valence-corrected chi connectivity index (χ1v) is 6.24. The summed E-state index contributed by atoms with van der Waals surface area (Å²) in [6.45, 7) is 0.191. The van der Waals surface area contributed by atoms with Crippen LogP contribution in [0.5, 0.6) is 5.75 Å². The van der Waals surface area contributed by atoms with E-state index < -0.39 is 12.3 Å². The second kappa shape index (κ2) is 8.65. The van der Waals surface area contributed by atoms with Gasteiger partial charge in [-0.05, 0) is 24.3 Å². The van der Waals surface area contributed by atoms with Gasteiger partial charge in [-0.2, -0.15) is 5.26 Å². The van der Waals surface area contributed by atoms with Crippen LogP contribution in [-0.2, 0) is 14.3 Å². The fraction of sp³-hybridized carbons (Fsp3) is 0.286. The van der Waals surface area contributed by atoms with Gasteiger partial charge in [0.2, 0.25) is 0 Å². The Morgan fingerprint density at radius 1 is 1.30 bits per heavy atom. The average molecular weight is 330 g/mol. The van der Waals surface area contributed by atoms with Gasteiger partial charge in [0.25, 0.3) is 0 Å². The van der Waals surface area contributed by atoms with Crippen LogP contribution in [0.2, 0.25) is 0 Å². The van der Waals surface area contributed by atoms with Gasteiger partial charge in [-0.1, -0.05) is 0 Å². The van der Waals surface area contributed by atoms with E-state index in [9.17, 15) is 18.0 Å². The molecule has 0 fully saturated rings. The van der Waals surface area contributed by atoms with Crippen LogP contribution in [0.1, 0.15) is 0 Å². The number of anilines is 1. The summed E-state index contributed by atoms with van der Waals surface area (Å²) >= 11 is 0. The highest BCUT2D eigenvalue weighted by molar-refractivity contribution is 5.93. The van der Waals surface area contributed by atoms with Crippen LogP contribution < -0.4 is 10.1 Å². The fourth-order valence-corrected chi connectivity index (χ4v) is 1.34. The van der Waals surface area contributed by atoms with Crippen molar-refractivity contribution in [1.29, 1.82) is 5.26 Å². The molecule has 124 valence electrons. The predicted molar refractivity (Wildman–Crippen MR) is 73.3 cm³/mol. The molecule has 0 aliphatic carbocycles. The standard InChI is InChI=1S/C14H13F3N2O4/c1-21-6-7-22-13(20)10(8-18)9-19-11-2-4-12(5-3-11)23-14(15,16)17/h2-5,9,19H,6-7H2,1H3. The van der Waals surface area contributed by atoms with E-state index in [2.05, 4.69) is 10.1 Å². The summed E-state index contributed by atoms with van der Waals surface area (Å²) in [4.78, 5) is 11.5. The molecule has 1 rings (SSSR count). The number of hydrogen-bond acceptors (Lipinski definition) is 6. The number of rotatable bonds is 7. The first-order chi connectivity index (χ1) is 10.9. The van der Waals surface area contributed by atoms with Crippen molar-refractivity contribution in [3.63, 3.8) is 0 Å². The Morgan fingerprint density at radius 2 is 1.96 bits per heavy atom. The largest absolute Gasteiger partial charge is 0.573 e. The maximum absolute atomic E-state index is 12.0. The van der Waals surface area contributed by atoms with E-state index in [0.29, 0.717) is 5.69 Å². The molecule has 0 atom stereocenters. The van der Waals surface area contributed by atoms with Crippen LogP contribution in [0.15, 0.2) is 36.0 Å². The number of nitrogens with zero attached hydrogens (tertiary/aromatic N) is 1. The summed E-state index contributed by atoms with van der Waals surface area (Å²) in [6.07, 6.45) is -3.68. The van der Waals surface area contributed by atoms with E-state index >= 15 is 0 Å². The molecule has 9 heteroatoms. The van der Waals surface area contributed by atoms with E-state index in [1.807, 2.05) is 0 Å². The van der Waals surface area contributed by atoms with Crippen LogP contribution in [0.4, 0.5) is 18.9 Å². The molecule has 0 aliphatic rings. The molecule has 0 aromatic heterocycles. The SMILES string of the molecule is COCCOC(=O)C(C#N)=CNc1ccc(OC(F)(F)F)cc1. The number of esters is 1. The molecular formula is C14H13F3N2O4. The molecule has 23 heavy (non-hydrogen) atoms. The monoisotopic (exact) mass is 330 g/mol. The zero-order valence-electron chi connectivity index (χ0n) is 12.0. The minimum absolute atomic E-state index is 0.00215. The van der Waals surface area contributed by atoms with E-state index in [-0.39, 0.29) is 24.5 Å². The second-order valence-corrected chi connectivity index (χ2v) is 4.02. The van der Waals surface area contributed by atoms with Crippen LogP contribution >= 0.6 is 0 Å². The lowest BCUT2D eigenvalue weighted by atomic mass is 10.3. The lowest BCUT2D eigenvalue weighted by molar-refractivity contribution is -0.274. The lowest BCUT2D eigenvalue weighted by Crippen LogP contribution is -2.17. The van der Waals surface area contributed by atoms with Gasteiger partial charge in [0.15, 0.2) is 5.57 Å².